The van der Waals surface area contributed by atoms with Crippen LogP contribution < -0.4 is 10.1 Å². The Hall–Kier alpha value is -1.65. The molecule has 0 saturated carbocycles. The summed E-state index contributed by atoms with van der Waals surface area (Å²) >= 11 is 1.67. The lowest BCUT2D eigenvalue weighted by Gasteiger charge is -2.07. The summed E-state index contributed by atoms with van der Waals surface area (Å²) in [6.45, 7) is 7.60. The Morgan fingerprint density at radius 1 is 1.33 bits per heavy atom. The van der Waals surface area contributed by atoms with E-state index >= 15 is 0 Å². The average Bonchev–Trinajstić information content (AvgIpc) is 2.92. The molecule has 0 spiro atoms. The summed E-state index contributed by atoms with van der Waals surface area (Å²) < 4.78 is 5.89. The average molecular weight is 302 g/mol. The number of allylic oxidation sites excluding steroid dienone is 1. The van der Waals surface area contributed by atoms with Gasteiger partial charge in [0.15, 0.2) is 0 Å². The van der Waals surface area contributed by atoms with Gasteiger partial charge in [-0.15, -0.1) is 11.3 Å². The van der Waals surface area contributed by atoms with Crippen molar-refractivity contribution in [2.75, 3.05) is 0 Å². The van der Waals surface area contributed by atoms with Crippen LogP contribution in [0.3, 0.4) is 0 Å². The van der Waals surface area contributed by atoms with Gasteiger partial charge in [-0.2, -0.15) is 0 Å². The molecule has 0 fully saturated rings. The van der Waals surface area contributed by atoms with Crippen LogP contribution in [0.15, 0.2) is 35.7 Å². The van der Waals surface area contributed by atoms with Crippen molar-refractivity contribution in [2.45, 2.75) is 40.0 Å². The first-order valence-corrected chi connectivity index (χ1v) is 8.08. The third-order valence-electron chi connectivity index (χ3n) is 2.90. The van der Waals surface area contributed by atoms with Crippen LogP contribution in [0.2, 0.25) is 0 Å². The van der Waals surface area contributed by atoms with E-state index in [1.54, 1.807) is 11.3 Å². The lowest BCUT2D eigenvalue weighted by atomic mass is 10.2. The van der Waals surface area contributed by atoms with Crippen LogP contribution in [-0.4, -0.2) is 11.0 Å². The van der Waals surface area contributed by atoms with E-state index < -0.39 is 0 Å². The van der Waals surface area contributed by atoms with Crippen LogP contribution in [0.4, 0.5) is 0 Å². The van der Waals surface area contributed by atoms with E-state index in [-0.39, 0.29) is 0 Å². The Kier molecular flexibility index (Phi) is 5.96. The molecule has 1 aromatic carbocycles. The Balaban J connectivity index is 1.94. The van der Waals surface area contributed by atoms with Crippen LogP contribution >= 0.6 is 11.3 Å². The van der Waals surface area contributed by atoms with Crippen molar-refractivity contribution in [3.63, 3.8) is 0 Å². The van der Waals surface area contributed by atoms with Crippen LogP contribution in [0.5, 0.6) is 5.75 Å². The minimum absolute atomic E-state index is 0.473. The van der Waals surface area contributed by atoms with Crippen molar-refractivity contribution in [3.05, 3.63) is 52.0 Å². The number of nitrogens with zero attached hydrogens (tertiary/aromatic N) is 1. The quantitative estimate of drug-likeness (QED) is 0.830. The number of nitrogens with one attached hydrogen (secondary N) is 1. The Morgan fingerprint density at radius 2 is 2.14 bits per heavy atom. The summed E-state index contributed by atoms with van der Waals surface area (Å²) in [5.41, 5.74) is 2.08. The van der Waals surface area contributed by atoms with Crippen molar-refractivity contribution in [1.82, 2.24) is 10.3 Å². The highest BCUT2D eigenvalue weighted by Gasteiger charge is 2.05. The van der Waals surface area contributed by atoms with Crippen molar-refractivity contribution < 1.29 is 4.74 Å². The van der Waals surface area contributed by atoms with E-state index in [4.69, 9.17) is 4.74 Å². The van der Waals surface area contributed by atoms with Crippen LogP contribution in [0.25, 0.3) is 6.08 Å². The third kappa shape index (κ3) is 4.99. The van der Waals surface area contributed by atoms with Gasteiger partial charge in [-0.1, -0.05) is 44.2 Å². The number of benzene rings is 1. The number of ether oxygens (including phenoxy) is 1. The standard InChI is InChI=1S/C17H22N2OS/c1-4-7-14-8-5-6-9-16(14)20-11-15-12-21-17(19-15)10-18-13(2)3/h4-9,12-13,18H,10-11H2,1-3H3. The second kappa shape index (κ2) is 7.96. The van der Waals surface area contributed by atoms with Gasteiger partial charge in [-0.3, -0.25) is 0 Å². The number of hydrogen-bond donors (Lipinski definition) is 1. The maximum absolute atomic E-state index is 5.89. The van der Waals surface area contributed by atoms with Crippen molar-refractivity contribution in [1.29, 1.82) is 0 Å². The highest BCUT2D eigenvalue weighted by Crippen LogP contribution is 2.21. The second-order valence-electron chi connectivity index (χ2n) is 5.09. The first kappa shape index (κ1) is 15.7. The number of hydrogen-bond acceptors (Lipinski definition) is 4. The molecule has 3 nitrogen and oxygen atoms in total. The number of para-hydroxylation sites is 1. The van der Waals surface area contributed by atoms with Gasteiger partial charge in [-0.25, -0.2) is 4.98 Å². The summed E-state index contributed by atoms with van der Waals surface area (Å²) in [5, 5.41) is 6.54. The molecule has 0 aliphatic carbocycles. The molecule has 1 N–H and O–H groups in total. The molecular weight excluding hydrogens is 280 g/mol. The number of aromatic nitrogens is 1. The zero-order chi connectivity index (χ0) is 15.1. The molecule has 0 aliphatic heterocycles. The van der Waals surface area contributed by atoms with Crippen LogP contribution in [0.1, 0.15) is 37.0 Å². The van der Waals surface area contributed by atoms with E-state index in [9.17, 15) is 0 Å². The summed E-state index contributed by atoms with van der Waals surface area (Å²) in [6.07, 6.45) is 4.06. The SMILES string of the molecule is CC=Cc1ccccc1OCc1csc(CNC(C)C)n1. The highest BCUT2D eigenvalue weighted by atomic mass is 32.1. The van der Waals surface area contributed by atoms with E-state index in [2.05, 4.69) is 29.5 Å². The lowest BCUT2D eigenvalue weighted by molar-refractivity contribution is 0.301. The van der Waals surface area contributed by atoms with E-state index in [1.165, 1.54) is 0 Å². The summed E-state index contributed by atoms with van der Waals surface area (Å²) in [4.78, 5) is 4.59. The fourth-order valence-corrected chi connectivity index (χ4v) is 2.60. The second-order valence-corrected chi connectivity index (χ2v) is 6.04. The predicted molar refractivity (Wildman–Crippen MR) is 89.6 cm³/mol. The molecule has 1 heterocycles. The van der Waals surface area contributed by atoms with Gasteiger partial charge in [-0.05, 0) is 13.0 Å². The minimum Gasteiger partial charge on any atom is -0.487 e. The smallest absolute Gasteiger partial charge is 0.131 e. The lowest BCUT2D eigenvalue weighted by Crippen LogP contribution is -2.21. The van der Waals surface area contributed by atoms with E-state index in [1.807, 2.05) is 43.3 Å². The van der Waals surface area contributed by atoms with E-state index in [0.717, 1.165) is 28.6 Å². The summed E-state index contributed by atoms with van der Waals surface area (Å²) in [5.74, 6) is 0.894. The molecule has 0 saturated heterocycles. The zero-order valence-corrected chi connectivity index (χ0v) is 13.6. The predicted octanol–water partition coefficient (Wildman–Crippen LogP) is 4.25. The van der Waals surface area contributed by atoms with Gasteiger partial charge in [0.2, 0.25) is 0 Å². The maximum atomic E-state index is 5.89. The normalized spacial score (nSPS) is 11.4. The Labute approximate surface area is 130 Å². The summed E-state index contributed by atoms with van der Waals surface area (Å²) in [6, 6.07) is 8.51. The fraction of sp³-hybridized carbons (Fsp3) is 0.353. The minimum atomic E-state index is 0.473. The molecule has 1 aromatic heterocycles. The molecule has 2 rings (SSSR count). The molecule has 0 radical (unpaired) electrons. The van der Waals surface area contributed by atoms with Crippen molar-refractivity contribution in [3.8, 4) is 5.75 Å². The van der Waals surface area contributed by atoms with Gasteiger partial charge in [0.05, 0.1) is 5.69 Å². The van der Waals surface area contributed by atoms with Crippen molar-refractivity contribution >= 4 is 17.4 Å². The van der Waals surface area contributed by atoms with Gasteiger partial charge < -0.3 is 10.1 Å². The number of rotatable bonds is 7. The molecule has 2 aromatic rings. The molecule has 0 unspecified atom stereocenters. The Bertz CT molecular complexity index is 590. The molecule has 4 heteroatoms. The summed E-state index contributed by atoms with van der Waals surface area (Å²) in [7, 11) is 0. The van der Waals surface area contributed by atoms with Gasteiger partial charge in [0.1, 0.15) is 17.4 Å². The molecule has 0 atom stereocenters. The van der Waals surface area contributed by atoms with Gasteiger partial charge in [0, 0.05) is 23.5 Å². The monoisotopic (exact) mass is 302 g/mol. The van der Waals surface area contributed by atoms with Crippen LogP contribution in [-0.2, 0) is 13.2 Å². The molecular formula is C17H22N2OS. The zero-order valence-electron chi connectivity index (χ0n) is 12.8. The first-order valence-electron chi connectivity index (χ1n) is 7.20. The number of thiazole rings is 1. The molecule has 112 valence electrons. The molecule has 0 amide bonds. The maximum Gasteiger partial charge on any atom is 0.131 e. The van der Waals surface area contributed by atoms with Crippen LogP contribution in [0, 0.1) is 0 Å². The first-order chi connectivity index (χ1) is 10.2. The van der Waals surface area contributed by atoms with Gasteiger partial charge >= 0.3 is 0 Å². The molecule has 0 bridgehead atoms. The third-order valence-corrected chi connectivity index (χ3v) is 3.80. The molecule has 21 heavy (non-hydrogen) atoms. The topological polar surface area (TPSA) is 34.1 Å². The fourth-order valence-electron chi connectivity index (χ4n) is 1.87. The van der Waals surface area contributed by atoms with E-state index in [0.29, 0.717) is 12.6 Å². The highest BCUT2D eigenvalue weighted by molar-refractivity contribution is 7.09. The Morgan fingerprint density at radius 3 is 2.90 bits per heavy atom. The van der Waals surface area contributed by atoms with Crippen molar-refractivity contribution in [2.24, 2.45) is 0 Å². The largest absolute Gasteiger partial charge is 0.487 e. The van der Waals surface area contributed by atoms with Gasteiger partial charge in [0.25, 0.3) is 0 Å². The molecule has 0 aliphatic rings.